The van der Waals surface area contributed by atoms with Crippen LogP contribution in [-0.4, -0.2) is 31.7 Å². The van der Waals surface area contributed by atoms with Crippen molar-refractivity contribution in [3.63, 3.8) is 0 Å². The molecular formula is C23H30N2O3S. The molecule has 0 bridgehead atoms. The number of carbonyl (C=O) groups excluding carboxylic acids is 1. The molecule has 1 N–H and O–H groups in total. The van der Waals surface area contributed by atoms with Gasteiger partial charge in [0.2, 0.25) is 10.0 Å². The van der Waals surface area contributed by atoms with Crippen molar-refractivity contribution in [2.75, 3.05) is 13.1 Å². The fraction of sp³-hybridized carbons (Fsp3) is 0.435. The number of carbonyl (C=O) groups is 1. The Labute approximate surface area is 174 Å². The van der Waals surface area contributed by atoms with E-state index in [4.69, 9.17) is 0 Å². The Morgan fingerprint density at radius 1 is 1.03 bits per heavy atom. The minimum atomic E-state index is -3.60. The van der Waals surface area contributed by atoms with Gasteiger partial charge >= 0.3 is 0 Å². The Morgan fingerprint density at radius 3 is 2.31 bits per heavy atom. The van der Waals surface area contributed by atoms with Crippen molar-refractivity contribution < 1.29 is 13.2 Å². The lowest BCUT2D eigenvalue weighted by Crippen LogP contribution is -2.33. The number of rotatable bonds is 6. The molecule has 1 saturated heterocycles. The molecule has 0 unspecified atom stereocenters. The molecule has 0 saturated carbocycles. The molecule has 2 aromatic carbocycles. The lowest BCUT2D eigenvalue weighted by molar-refractivity contribution is 0.0935. The van der Waals surface area contributed by atoms with E-state index in [9.17, 15) is 13.2 Å². The van der Waals surface area contributed by atoms with Gasteiger partial charge in [-0.3, -0.25) is 4.79 Å². The van der Waals surface area contributed by atoms with Crippen molar-refractivity contribution >= 4 is 15.9 Å². The molecule has 0 radical (unpaired) electrons. The van der Waals surface area contributed by atoms with Crippen molar-refractivity contribution in [1.82, 2.24) is 9.62 Å². The first-order chi connectivity index (χ1) is 13.9. The van der Waals surface area contributed by atoms with Gasteiger partial charge in [0, 0.05) is 18.7 Å². The standard InChI is InChI=1S/C23H30N2O3S/c1-3-21(19-11-7-6-8-12-19)24-23(26)20-14-13-18(2)22(17-20)29(27,28)25-15-9-4-5-10-16-25/h6-8,11-14,17,21H,3-5,9-10,15-16H2,1-2H3,(H,24,26)/t21-/m1/s1. The lowest BCUT2D eigenvalue weighted by atomic mass is 10.0. The molecule has 1 heterocycles. The van der Waals surface area contributed by atoms with Crippen LogP contribution in [0.25, 0.3) is 0 Å². The number of hydrogen-bond donors (Lipinski definition) is 1. The van der Waals surface area contributed by atoms with E-state index in [1.165, 1.54) is 6.07 Å². The maximum atomic E-state index is 13.2. The summed E-state index contributed by atoms with van der Waals surface area (Å²) >= 11 is 0. The van der Waals surface area contributed by atoms with Crippen LogP contribution in [0.2, 0.25) is 0 Å². The molecule has 1 atom stereocenters. The van der Waals surface area contributed by atoms with Crippen molar-refractivity contribution in [3.8, 4) is 0 Å². The number of nitrogens with one attached hydrogen (secondary N) is 1. The summed E-state index contributed by atoms with van der Waals surface area (Å²) in [5, 5.41) is 3.04. The summed E-state index contributed by atoms with van der Waals surface area (Å²) < 4.78 is 28.0. The average molecular weight is 415 g/mol. The van der Waals surface area contributed by atoms with Gasteiger partial charge in [0.05, 0.1) is 10.9 Å². The Kier molecular flexibility index (Phi) is 7.09. The number of nitrogens with zero attached hydrogens (tertiary/aromatic N) is 1. The molecule has 1 fully saturated rings. The van der Waals surface area contributed by atoms with Crippen LogP contribution in [0, 0.1) is 6.92 Å². The second kappa shape index (κ2) is 9.55. The van der Waals surface area contributed by atoms with Gasteiger partial charge in [0.25, 0.3) is 5.91 Å². The molecule has 1 amide bonds. The second-order valence-corrected chi connectivity index (χ2v) is 9.55. The summed E-state index contributed by atoms with van der Waals surface area (Å²) in [5.41, 5.74) is 2.08. The van der Waals surface area contributed by atoms with Gasteiger partial charge in [-0.05, 0) is 49.4 Å². The van der Waals surface area contributed by atoms with Crippen molar-refractivity contribution in [2.45, 2.75) is 56.9 Å². The quantitative estimate of drug-likeness (QED) is 0.760. The van der Waals surface area contributed by atoms with Crippen LogP contribution >= 0.6 is 0 Å². The van der Waals surface area contributed by atoms with Crippen molar-refractivity contribution in [2.24, 2.45) is 0 Å². The number of sulfonamides is 1. The fourth-order valence-corrected chi connectivity index (χ4v) is 5.56. The van der Waals surface area contributed by atoms with Gasteiger partial charge in [-0.25, -0.2) is 8.42 Å². The summed E-state index contributed by atoms with van der Waals surface area (Å²) in [5.74, 6) is -0.256. The van der Waals surface area contributed by atoms with E-state index in [0.29, 0.717) is 24.2 Å². The van der Waals surface area contributed by atoms with E-state index in [1.54, 1.807) is 23.4 Å². The molecule has 2 aromatic rings. The van der Waals surface area contributed by atoms with E-state index in [1.807, 2.05) is 37.3 Å². The first-order valence-electron chi connectivity index (χ1n) is 10.4. The monoisotopic (exact) mass is 414 g/mol. The van der Waals surface area contributed by atoms with E-state index in [-0.39, 0.29) is 16.8 Å². The Balaban J connectivity index is 1.85. The number of hydrogen-bond acceptors (Lipinski definition) is 3. The van der Waals surface area contributed by atoms with Crippen LogP contribution in [0.5, 0.6) is 0 Å². The Morgan fingerprint density at radius 2 is 1.69 bits per heavy atom. The molecule has 156 valence electrons. The van der Waals surface area contributed by atoms with E-state index in [2.05, 4.69) is 5.32 Å². The maximum absolute atomic E-state index is 13.2. The van der Waals surface area contributed by atoms with Crippen molar-refractivity contribution in [3.05, 3.63) is 65.2 Å². The molecular weight excluding hydrogens is 384 g/mol. The first-order valence-corrected chi connectivity index (χ1v) is 11.8. The van der Waals surface area contributed by atoms with Crippen LogP contribution in [0.4, 0.5) is 0 Å². The Bertz CT molecular complexity index is 934. The average Bonchev–Trinajstić information content (AvgIpc) is 3.03. The van der Waals surface area contributed by atoms with Gasteiger partial charge in [-0.1, -0.05) is 56.2 Å². The summed E-state index contributed by atoms with van der Waals surface area (Å²) in [7, 11) is -3.60. The minimum Gasteiger partial charge on any atom is -0.345 e. The summed E-state index contributed by atoms with van der Waals surface area (Å²) in [4.78, 5) is 13.1. The zero-order valence-corrected chi connectivity index (χ0v) is 18.0. The molecule has 1 aliphatic heterocycles. The van der Waals surface area contributed by atoms with Crippen LogP contribution in [0.3, 0.4) is 0 Å². The largest absolute Gasteiger partial charge is 0.345 e. The van der Waals surface area contributed by atoms with E-state index in [0.717, 1.165) is 37.7 Å². The smallest absolute Gasteiger partial charge is 0.251 e. The third-order valence-electron chi connectivity index (χ3n) is 5.55. The molecule has 6 heteroatoms. The van der Waals surface area contributed by atoms with E-state index >= 15 is 0 Å². The Hall–Kier alpha value is -2.18. The third-order valence-corrected chi connectivity index (χ3v) is 7.59. The topological polar surface area (TPSA) is 66.5 Å². The molecule has 0 aromatic heterocycles. The maximum Gasteiger partial charge on any atom is 0.251 e. The summed E-state index contributed by atoms with van der Waals surface area (Å²) in [6.45, 7) is 4.89. The molecule has 3 rings (SSSR count). The SMILES string of the molecule is CC[C@@H](NC(=O)c1ccc(C)c(S(=O)(=O)N2CCCCCC2)c1)c1ccccc1. The highest BCUT2D eigenvalue weighted by atomic mass is 32.2. The van der Waals surface area contributed by atoms with E-state index < -0.39 is 10.0 Å². The first kappa shape index (κ1) is 21.5. The van der Waals surface area contributed by atoms with Gasteiger partial charge in [-0.2, -0.15) is 4.31 Å². The van der Waals surface area contributed by atoms with Gasteiger partial charge < -0.3 is 5.32 Å². The number of amides is 1. The van der Waals surface area contributed by atoms with Crippen LogP contribution in [0.15, 0.2) is 53.4 Å². The molecule has 0 spiro atoms. The lowest BCUT2D eigenvalue weighted by Gasteiger charge is -2.22. The highest BCUT2D eigenvalue weighted by molar-refractivity contribution is 7.89. The van der Waals surface area contributed by atoms with Gasteiger partial charge in [0.1, 0.15) is 0 Å². The highest BCUT2D eigenvalue weighted by Crippen LogP contribution is 2.25. The van der Waals surface area contributed by atoms with Crippen molar-refractivity contribution in [1.29, 1.82) is 0 Å². The zero-order valence-electron chi connectivity index (χ0n) is 17.2. The minimum absolute atomic E-state index is 0.115. The highest BCUT2D eigenvalue weighted by Gasteiger charge is 2.27. The number of aryl methyl sites for hydroxylation is 1. The predicted octanol–water partition coefficient (Wildman–Crippen LogP) is 4.44. The molecule has 0 aliphatic carbocycles. The van der Waals surface area contributed by atoms with Crippen LogP contribution < -0.4 is 5.32 Å². The predicted molar refractivity (Wildman–Crippen MR) is 115 cm³/mol. The van der Waals surface area contributed by atoms with Gasteiger partial charge in [-0.15, -0.1) is 0 Å². The summed E-state index contributed by atoms with van der Waals surface area (Å²) in [6, 6.07) is 14.6. The second-order valence-electron chi connectivity index (χ2n) is 7.64. The fourth-order valence-electron chi connectivity index (χ4n) is 3.79. The molecule has 5 nitrogen and oxygen atoms in total. The normalized spacial score (nSPS) is 16.8. The van der Waals surface area contributed by atoms with Gasteiger partial charge in [0.15, 0.2) is 0 Å². The summed E-state index contributed by atoms with van der Waals surface area (Å²) in [6.07, 6.45) is 4.64. The van der Waals surface area contributed by atoms with Crippen LogP contribution in [0.1, 0.15) is 66.6 Å². The molecule has 29 heavy (non-hydrogen) atoms. The zero-order chi connectivity index (χ0) is 20.9. The molecule has 1 aliphatic rings. The van der Waals surface area contributed by atoms with Crippen LogP contribution in [-0.2, 0) is 10.0 Å². The third kappa shape index (κ3) is 5.06. The number of benzene rings is 2.